The Labute approximate surface area is 169 Å². The van der Waals surface area contributed by atoms with Gasteiger partial charge in [0.15, 0.2) is 0 Å². The summed E-state index contributed by atoms with van der Waals surface area (Å²) in [6, 6.07) is 17.3. The van der Waals surface area contributed by atoms with Crippen molar-refractivity contribution in [1.29, 1.82) is 0 Å². The number of aryl methyl sites for hydroxylation is 1. The summed E-state index contributed by atoms with van der Waals surface area (Å²) in [5.41, 5.74) is 3.12. The fraction of sp³-hybridized carbons (Fsp3) is 0.417. The Kier molecular flexibility index (Phi) is 8.24. The minimum atomic E-state index is -0.476. The van der Waals surface area contributed by atoms with Gasteiger partial charge in [0.2, 0.25) is 11.8 Å². The Balaban J connectivity index is 2.23. The summed E-state index contributed by atoms with van der Waals surface area (Å²) in [4.78, 5) is 27.8. The van der Waals surface area contributed by atoms with Crippen molar-refractivity contribution >= 4 is 11.8 Å². The summed E-state index contributed by atoms with van der Waals surface area (Å²) in [6.45, 7) is 9.14. The molecule has 150 valence electrons. The van der Waals surface area contributed by atoms with E-state index in [0.717, 1.165) is 16.7 Å². The third kappa shape index (κ3) is 6.52. The quantitative estimate of drug-likeness (QED) is 0.711. The summed E-state index contributed by atoms with van der Waals surface area (Å²) >= 11 is 0. The lowest BCUT2D eigenvalue weighted by Gasteiger charge is -2.31. The van der Waals surface area contributed by atoms with E-state index in [2.05, 4.69) is 19.2 Å². The third-order valence-corrected chi connectivity index (χ3v) is 4.70. The van der Waals surface area contributed by atoms with E-state index >= 15 is 0 Å². The fourth-order valence-electron chi connectivity index (χ4n) is 3.22. The van der Waals surface area contributed by atoms with Gasteiger partial charge in [0.25, 0.3) is 0 Å². The third-order valence-electron chi connectivity index (χ3n) is 4.70. The first kappa shape index (κ1) is 21.7. The topological polar surface area (TPSA) is 49.4 Å². The second kappa shape index (κ2) is 10.6. The highest BCUT2D eigenvalue weighted by Crippen LogP contribution is 2.15. The van der Waals surface area contributed by atoms with Crippen LogP contribution in [0.2, 0.25) is 0 Å². The first-order valence-electron chi connectivity index (χ1n) is 10.1. The molecule has 0 saturated heterocycles. The van der Waals surface area contributed by atoms with Crippen LogP contribution in [0.1, 0.15) is 43.9 Å². The Morgan fingerprint density at radius 1 is 1.00 bits per heavy atom. The van der Waals surface area contributed by atoms with Gasteiger partial charge < -0.3 is 10.2 Å². The van der Waals surface area contributed by atoms with Crippen LogP contribution in [-0.2, 0) is 22.6 Å². The molecule has 2 amide bonds. The van der Waals surface area contributed by atoms with Gasteiger partial charge in [-0.3, -0.25) is 9.59 Å². The Bertz CT molecular complexity index is 771. The van der Waals surface area contributed by atoms with Crippen LogP contribution in [0.4, 0.5) is 0 Å². The average Bonchev–Trinajstić information content (AvgIpc) is 2.67. The van der Waals surface area contributed by atoms with Crippen molar-refractivity contribution in [3.8, 4) is 0 Å². The first-order valence-corrected chi connectivity index (χ1v) is 10.1. The van der Waals surface area contributed by atoms with E-state index in [4.69, 9.17) is 0 Å². The molecule has 0 fully saturated rings. The largest absolute Gasteiger partial charge is 0.354 e. The molecule has 0 aliphatic rings. The molecule has 0 aliphatic carbocycles. The molecule has 0 aliphatic heterocycles. The van der Waals surface area contributed by atoms with E-state index in [-0.39, 0.29) is 11.8 Å². The van der Waals surface area contributed by atoms with Crippen molar-refractivity contribution in [3.63, 3.8) is 0 Å². The number of carbonyl (C=O) groups is 2. The highest BCUT2D eigenvalue weighted by Gasteiger charge is 2.28. The van der Waals surface area contributed by atoms with Crippen molar-refractivity contribution < 1.29 is 9.59 Å². The lowest BCUT2D eigenvalue weighted by Crippen LogP contribution is -2.50. The molecule has 0 saturated carbocycles. The number of carbonyl (C=O) groups excluding carboxylic acids is 2. The van der Waals surface area contributed by atoms with E-state index in [9.17, 15) is 9.59 Å². The van der Waals surface area contributed by atoms with E-state index in [1.807, 2.05) is 68.4 Å². The van der Waals surface area contributed by atoms with Gasteiger partial charge in [-0.1, -0.05) is 80.9 Å². The number of hydrogen-bond donors (Lipinski definition) is 1. The predicted octanol–water partition coefficient (Wildman–Crippen LogP) is 4.12. The van der Waals surface area contributed by atoms with Crippen molar-refractivity contribution in [2.75, 3.05) is 6.54 Å². The molecule has 0 aromatic heterocycles. The zero-order valence-electron chi connectivity index (χ0n) is 17.4. The lowest BCUT2D eigenvalue weighted by atomic mass is 10.0. The number of rotatable bonds is 9. The number of benzene rings is 2. The van der Waals surface area contributed by atoms with Crippen molar-refractivity contribution in [2.45, 2.75) is 53.1 Å². The first-order chi connectivity index (χ1) is 13.4. The molecule has 28 heavy (non-hydrogen) atoms. The summed E-state index contributed by atoms with van der Waals surface area (Å²) in [7, 11) is 0. The van der Waals surface area contributed by atoms with Crippen LogP contribution >= 0.6 is 0 Å². The molecule has 1 N–H and O–H groups in total. The molecule has 0 spiro atoms. The highest BCUT2D eigenvalue weighted by atomic mass is 16.2. The van der Waals surface area contributed by atoms with Crippen molar-refractivity contribution in [1.82, 2.24) is 10.2 Å². The van der Waals surface area contributed by atoms with Gasteiger partial charge in [-0.15, -0.1) is 0 Å². The average molecular weight is 381 g/mol. The SMILES string of the molecule is CCC(C(=O)NCC(C)C)N(Cc1ccccc1)C(=O)Cc1cccc(C)c1. The molecule has 2 aromatic rings. The summed E-state index contributed by atoms with van der Waals surface area (Å²) in [5, 5.41) is 2.99. The number of hydrogen-bond acceptors (Lipinski definition) is 2. The number of nitrogens with one attached hydrogen (secondary N) is 1. The van der Waals surface area contributed by atoms with Gasteiger partial charge in [-0.25, -0.2) is 0 Å². The van der Waals surface area contributed by atoms with Crippen molar-refractivity contribution in [2.24, 2.45) is 5.92 Å². The summed E-state index contributed by atoms with van der Waals surface area (Å²) in [5.74, 6) is 0.262. The fourth-order valence-corrected chi connectivity index (χ4v) is 3.22. The van der Waals surface area contributed by atoms with Gasteiger partial charge >= 0.3 is 0 Å². The standard InChI is InChI=1S/C24H32N2O2/c1-5-22(24(28)25-16-18(2)3)26(17-20-11-7-6-8-12-20)23(27)15-21-13-9-10-19(4)14-21/h6-14,18,22H,5,15-17H2,1-4H3,(H,25,28). The summed E-state index contributed by atoms with van der Waals surface area (Å²) in [6.07, 6.45) is 0.874. The lowest BCUT2D eigenvalue weighted by molar-refractivity contribution is -0.141. The van der Waals surface area contributed by atoms with Crippen LogP contribution in [0.15, 0.2) is 54.6 Å². The minimum Gasteiger partial charge on any atom is -0.354 e. The minimum absolute atomic E-state index is 0.0269. The van der Waals surface area contributed by atoms with Gasteiger partial charge in [-0.05, 0) is 30.4 Å². The molecule has 1 atom stereocenters. The van der Waals surface area contributed by atoms with Crippen LogP contribution in [0.3, 0.4) is 0 Å². The molecule has 2 aromatic carbocycles. The highest BCUT2D eigenvalue weighted by molar-refractivity contribution is 5.88. The summed E-state index contributed by atoms with van der Waals surface area (Å²) < 4.78 is 0. The molecular formula is C24H32N2O2. The Morgan fingerprint density at radius 3 is 2.29 bits per heavy atom. The van der Waals surface area contributed by atoms with Crippen LogP contribution in [0.25, 0.3) is 0 Å². The smallest absolute Gasteiger partial charge is 0.242 e. The molecule has 0 heterocycles. The van der Waals surface area contributed by atoms with E-state index < -0.39 is 6.04 Å². The maximum Gasteiger partial charge on any atom is 0.242 e. The van der Waals surface area contributed by atoms with Crippen molar-refractivity contribution in [3.05, 3.63) is 71.3 Å². The Morgan fingerprint density at radius 2 is 1.68 bits per heavy atom. The maximum absolute atomic E-state index is 13.2. The predicted molar refractivity (Wildman–Crippen MR) is 114 cm³/mol. The molecule has 2 rings (SSSR count). The van der Waals surface area contributed by atoms with E-state index in [0.29, 0.717) is 31.8 Å². The molecule has 4 heteroatoms. The van der Waals surface area contributed by atoms with Crippen LogP contribution in [0.5, 0.6) is 0 Å². The van der Waals surface area contributed by atoms with Gasteiger partial charge in [0.05, 0.1) is 6.42 Å². The zero-order chi connectivity index (χ0) is 20.5. The number of amides is 2. The molecule has 0 bridgehead atoms. The van der Waals surface area contributed by atoms with Crippen LogP contribution in [-0.4, -0.2) is 29.3 Å². The second-order valence-corrected chi connectivity index (χ2v) is 7.74. The van der Waals surface area contributed by atoms with Gasteiger partial charge in [0, 0.05) is 13.1 Å². The Hall–Kier alpha value is -2.62. The molecule has 4 nitrogen and oxygen atoms in total. The monoisotopic (exact) mass is 380 g/mol. The van der Waals surface area contributed by atoms with Crippen LogP contribution < -0.4 is 5.32 Å². The molecular weight excluding hydrogens is 348 g/mol. The zero-order valence-corrected chi connectivity index (χ0v) is 17.4. The number of nitrogens with zero attached hydrogens (tertiary/aromatic N) is 1. The van der Waals surface area contributed by atoms with Gasteiger partial charge in [0.1, 0.15) is 6.04 Å². The van der Waals surface area contributed by atoms with Gasteiger partial charge in [-0.2, -0.15) is 0 Å². The van der Waals surface area contributed by atoms with Crippen LogP contribution in [0, 0.1) is 12.8 Å². The molecule has 0 radical (unpaired) electrons. The molecule has 1 unspecified atom stereocenters. The second-order valence-electron chi connectivity index (χ2n) is 7.74. The normalized spacial score (nSPS) is 11.9. The van der Waals surface area contributed by atoms with E-state index in [1.54, 1.807) is 4.90 Å². The van der Waals surface area contributed by atoms with E-state index in [1.165, 1.54) is 0 Å². The maximum atomic E-state index is 13.2.